The first kappa shape index (κ1) is 13.4. The van der Waals surface area contributed by atoms with E-state index in [-0.39, 0.29) is 23.8 Å². The van der Waals surface area contributed by atoms with Gasteiger partial charge in [0.05, 0.1) is 6.61 Å². The predicted molar refractivity (Wildman–Crippen MR) is 67.2 cm³/mol. The van der Waals surface area contributed by atoms with E-state index in [0.29, 0.717) is 18.2 Å². The summed E-state index contributed by atoms with van der Waals surface area (Å²) in [6.45, 7) is 0.531. The second-order valence-electron chi connectivity index (χ2n) is 4.54. The van der Waals surface area contributed by atoms with Gasteiger partial charge in [0.2, 0.25) is 5.91 Å². The molecule has 1 aliphatic carbocycles. The van der Waals surface area contributed by atoms with Crippen LogP contribution in [0.3, 0.4) is 0 Å². The minimum absolute atomic E-state index is 0.0558. The molecule has 1 aromatic carbocycles. The maximum Gasteiger partial charge on any atom is 0.339 e. The van der Waals surface area contributed by atoms with Crippen molar-refractivity contribution in [2.75, 3.05) is 18.5 Å². The number of amides is 1. The van der Waals surface area contributed by atoms with Gasteiger partial charge in [0.15, 0.2) is 0 Å². The lowest BCUT2D eigenvalue weighted by Gasteiger charge is -2.07. The molecule has 0 spiro atoms. The van der Waals surface area contributed by atoms with Gasteiger partial charge in [-0.1, -0.05) is 0 Å². The molecule has 0 radical (unpaired) electrons. The van der Waals surface area contributed by atoms with Gasteiger partial charge in [-0.05, 0) is 37.0 Å². The Morgan fingerprint density at radius 1 is 1.37 bits per heavy atom. The van der Waals surface area contributed by atoms with Gasteiger partial charge in [0.1, 0.15) is 17.9 Å². The largest absolute Gasteiger partial charge is 0.507 e. The fourth-order valence-electron chi connectivity index (χ4n) is 1.58. The Labute approximate surface area is 110 Å². The summed E-state index contributed by atoms with van der Waals surface area (Å²) in [7, 11) is 0. The second kappa shape index (κ2) is 5.71. The number of hydrogen-bond acceptors (Lipinski definition) is 4. The Hall–Kier alpha value is -2.08. The Kier molecular flexibility index (Phi) is 4.01. The third-order valence-electron chi connectivity index (χ3n) is 2.79. The van der Waals surface area contributed by atoms with Crippen LogP contribution in [0.5, 0.6) is 5.75 Å². The molecule has 19 heavy (non-hydrogen) atoms. The molecule has 1 aromatic rings. The lowest BCUT2D eigenvalue weighted by molar-refractivity contribution is -0.120. The van der Waals surface area contributed by atoms with Gasteiger partial charge in [-0.3, -0.25) is 4.79 Å². The number of aromatic carboxylic acids is 1. The van der Waals surface area contributed by atoms with Crippen molar-refractivity contribution in [1.29, 1.82) is 0 Å². The molecule has 102 valence electrons. The molecule has 2 rings (SSSR count). The Morgan fingerprint density at radius 2 is 2.11 bits per heavy atom. The van der Waals surface area contributed by atoms with E-state index in [0.717, 1.165) is 12.8 Å². The smallest absolute Gasteiger partial charge is 0.339 e. The van der Waals surface area contributed by atoms with E-state index >= 15 is 0 Å². The van der Waals surface area contributed by atoms with Crippen LogP contribution in [0.2, 0.25) is 0 Å². The molecule has 0 aliphatic heterocycles. The van der Waals surface area contributed by atoms with E-state index in [9.17, 15) is 14.7 Å². The van der Waals surface area contributed by atoms with Gasteiger partial charge in [0.25, 0.3) is 0 Å². The van der Waals surface area contributed by atoms with E-state index in [4.69, 9.17) is 9.84 Å². The van der Waals surface area contributed by atoms with Crippen LogP contribution in [0.1, 0.15) is 23.2 Å². The predicted octanol–water partition coefficient (Wildman–Crippen LogP) is 1.46. The highest BCUT2D eigenvalue weighted by Crippen LogP contribution is 2.28. The summed E-state index contributed by atoms with van der Waals surface area (Å²) < 4.78 is 5.22. The molecular formula is C13H15NO5. The number of aromatic hydroxyl groups is 1. The van der Waals surface area contributed by atoms with Gasteiger partial charge < -0.3 is 20.3 Å². The number of carboxylic acids is 1. The lowest BCUT2D eigenvalue weighted by atomic mass is 10.2. The first-order valence-corrected chi connectivity index (χ1v) is 6.00. The molecule has 0 heterocycles. The molecule has 6 heteroatoms. The normalized spacial score (nSPS) is 14.1. The highest BCUT2D eigenvalue weighted by atomic mass is 16.5. The summed E-state index contributed by atoms with van der Waals surface area (Å²) in [6.07, 6.45) is 2.31. The number of carbonyl (C=O) groups is 2. The highest BCUT2D eigenvalue weighted by molar-refractivity contribution is 5.95. The molecule has 3 N–H and O–H groups in total. The van der Waals surface area contributed by atoms with Crippen LogP contribution in [0.4, 0.5) is 5.69 Å². The van der Waals surface area contributed by atoms with Crippen LogP contribution in [0.15, 0.2) is 18.2 Å². The second-order valence-corrected chi connectivity index (χ2v) is 4.54. The molecule has 0 unspecified atom stereocenters. The fraction of sp³-hybridized carbons (Fsp3) is 0.385. The molecular weight excluding hydrogens is 250 g/mol. The zero-order chi connectivity index (χ0) is 13.8. The molecule has 0 bridgehead atoms. The van der Waals surface area contributed by atoms with Crippen molar-refractivity contribution in [2.45, 2.75) is 12.8 Å². The molecule has 1 saturated carbocycles. The zero-order valence-electron chi connectivity index (χ0n) is 10.3. The number of hydrogen-bond donors (Lipinski definition) is 3. The summed E-state index contributed by atoms with van der Waals surface area (Å²) in [5.74, 6) is -1.35. The number of carboxylic acid groups (broad SMARTS) is 1. The summed E-state index contributed by atoms with van der Waals surface area (Å²) >= 11 is 0. The number of anilines is 1. The number of benzene rings is 1. The minimum Gasteiger partial charge on any atom is -0.507 e. The van der Waals surface area contributed by atoms with Crippen molar-refractivity contribution < 1.29 is 24.5 Å². The molecule has 1 fully saturated rings. The first-order chi connectivity index (χ1) is 9.06. The molecule has 0 aromatic heterocycles. The van der Waals surface area contributed by atoms with Crippen LogP contribution in [0.25, 0.3) is 0 Å². The van der Waals surface area contributed by atoms with Gasteiger partial charge in [-0.15, -0.1) is 0 Å². The average molecular weight is 265 g/mol. The number of rotatable bonds is 6. The van der Waals surface area contributed by atoms with Crippen LogP contribution >= 0.6 is 0 Å². The summed E-state index contributed by atoms with van der Waals surface area (Å²) in [4.78, 5) is 22.4. The molecule has 1 aliphatic rings. The van der Waals surface area contributed by atoms with E-state index in [1.54, 1.807) is 0 Å². The monoisotopic (exact) mass is 265 g/mol. The Bertz CT molecular complexity index is 496. The van der Waals surface area contributed by atoms with Gasteiger partial charge in [0, 0.05) is 5.69 Å². The molecule has 0 atom stereocenters. The Morgan fingerprint density at radius 3 is 2.74 bits per heavy atom. The summed E-state index contributed by atoms with van der Waals surface area (Å²) in [6, 6.07) is 3.86. The molecule has 6 nitrogen and oxygen atoms in total. The van der Waals surface area contributed by atoms with Crippen molar-refractivity contribution in [3.8, 4) is 5.75 Å². The topological polar surface area (TPSA) is 95.9 Å². The number of nitrogens with one attached hydrogen (secondary N) is 1. The third kappa shape index (κ3) is 3.96. The number of carbonyl (C=O) groups excluding carboxylic acids is 1. The van der Waals surface area contributed by atoms with E-state index in [1.807, 2.05) is 0 Å². The first-order valence-electron chi connectivity index (χ1n) is 6.00. The average Bonchev–Trinajstić information content (AvgIpc) is 3.15. The minimum atomic E-state index is -1.25. The number of ether oxygens (including phenoxy) is 1. The van der Waals surface area contributed by atoms with Crippen molar-refractivity contribution in [2.24, 2.45) is 5.92 Å². The van der Waals surface area contributed by atoms with Gasteiger partial charge in [-0.25, -0.2) is 4.79 Å². The maximum absolute atomic E-state index is 11.5. The molecule has 0 saturated heterocycles. The maximum atomic E-state index is 11.5. The van der Waals surface area contributed by atoms with Crippen molar-refractivity contribution >= 4 is 17.6 Å². The van der Waals surface area contributed by atoms with Crippen LogP contribution < -0.4 is 5.32 Å². The van der Waals surface area contributed by atoms with Crippen molar-refractivity contribution in [3.63, 3.8) is 0 Å². The van der Waals surface area contributed by atoms with Gasteiger partial charge in [-0.2, -0.15) is 0 Å². The summed E-state index contributed by atoms with van der Waals surface area (Å²) in [5, 5.41) is 20.7. The summed E-state index contributed by atoms with van der Waals surface area (Å²) in [5.41, 5.74) is 0.0620. The van der Waals surface area contributed by atoms with E-state index in [2.05, 4.69) is 5.32 Å². The fourth-order valence-corrected chi connectivity index (χ4v) is 1.58. The quantitative estimate of drug-likeness (QED) is 0.677. The Balaban J connectivity index is 1.88. The SMILES string of the molecule is O=C(COCC1CC1)Nc1ccc(O)c(C(=O)O)c1. The van der Waals surface area contributed by atoms with E-state index in [1.165, 1.54) is 18.2 Å². The van der Waals surface area contributed by atoms with Gasteiger partial charge >= 0.3 is 5.97 Å². The van der Waals surface area contributed by atoms with Crippen LogP contribution in [-0.4, -0.2) is 35.3 Å². The van der Waals surface area contributed by atoms with Crippen molar-refractivity contribution in [1.82, 2.24) is 0 Å². The number of phenols is 1. The van der Waals surface area contributed by atoms with Crippen LogP contribution in [-0.2, 0) is 9.53 Å². The third-order valence-corrected chi connectivity index (χ3v) is 2.79. The molecule has 1 amide bonds. The zero-order valence-corrected chi connectivity index (χ0v) is 10.3. The highest BCUT2D eigenvalue weighted by Gasteiger charge is 2.21. The standard InChI is InChI=1S/C13H15NO5/c15-11-4-3-9(5-10(11)13(17)18)14-12(16)7-19-6-8-1-2-8/h3-5,8,15H,1-2,6-7H2,(H,14,16)(H,17,18). The van der Waals surface area contributed by atoms with E-state index < -0.39 is 5.97 Å². The lowest BCUT2D eigenvalue weighted by Crippen LogP contribution is -2.19. The van der Waals surface area contributed by atoms with Crippen molar-refractivity contribution in [3.05, 3.63) is 23.8 Å². The van der Waals surface area contributed by atoms with Crippen LogP contribution in [0, 0.1) is 5.92 Å².